The second-order valence-corrected chi connectivity index (χ2v) is 8.86. The molecule has 2 unspecified atom stereocenters. The third kappa shape index (κ3) is 3.14. The Bertz CT molecular complexity index is 929. The van der Waals surface area contributed by atoms with Crippen LogP contribution in [0.1, 0.15) is 11.7 Å². The van der Waals surface area contributed by atoms with E-state index in [1.807, 2.05) is 0 Å². The van der Waals surface area contributed by atoms with Gasteiger partial charge in [-0.15, -0.1) is 0 Å². The van der Waals surface area contributed by atoms with Crippen molar-refractivity contribution in [3.8, 4) is 5.75 Å². The smallest absolute Gasteiger partial charge is 0.181 e. The lowest BCUT2D eigenvalue weighted by molar-refractivity contribution is 0.123. The van der Waals surface area contributed by atoms with Crippen molar-refractivity contribution in [2.45, 2.75) is 15.9 Å². The summed E-state index contributed by atoms with van der Waals surface area (Å²) in [6, 6.07) is 8.86. The van der Waals surface area contributed by atoms with Gasteiger partial charge in [-0.2, -0.15) is 0 Å². The maximum absolute atomic E-state index is 12.4. The fourth-order valence-electron chi connectivity index (χ4n) is 2.51. The predicted octanol–water partition coefficient (Wildman–Crippen LogP) is 2.66. The highest BCUT2D eigenvalue weighted by Crippen LogP contribution is 2.37. The first-order chi connectivity index (χ1) is 11.3. The van der Waals surface area contributed by atoms with Crippen molar-refractivity contribution in [3.05, 3.63) is 47.0 Å². The summed E-state index contributed by atoms with van der Waals surface area (Å²) >= 11 is 5.84. The fourth-order valence-corrected chi connectivity index (χ4v) is 5.44. The van der Waals surface area contributed by atoms with Gasteiger partial charge in [-0.1, -0.05) is 17.7 Å². The zero-order chi connectivity index (χ0) is 17.5. The fraction of sp³-hybridized carbons (Fsp3) is 0.200. The van der Waals surface area contributed by atoms with E-state index >= 15 is 0 Å². The third-order valence-corrected chi connectivity index (χ3v) is 6.83. The van der Waals surface area contributed by atoms with Crippen LogP contribution in [0, 0.1) is 0 Å². The van der Waals surface area contributed by atoms with E-state index in [4.69, 9.17) is 16.3 Å². The molecule has 2 aromatic rings. The van der Waals surface area contributed by atoms with Crippen molar-refractivity contribution < 1.29 is 22.5 Å². The summed E-state index contributed by atoms with van der Waals surface area (Å²) in [5.74, 6) is -0.279. The normalized spacial score (nSPS) is 19.7. The molecule has 0 aliphatic carbocycles. The molecule has 0 spiro atoms. The van der Waals surface area contributed by atoms with Crippen LogP contribution in [0.4, 0.5) is 5.69 Å². The van der Waals surface area contributed by atoms with Crippen molar-refractivity contribution >= 4 is 38.1 Å². The molecule has 3 rings (SSSR count). The molecular formula is C15H14ClNO5S2. The van der Waals surface area contributed by atoms with Crippen LogP contribution in [-0.4, -0.2) is 30.6 Å². The van der Waals surface area contributed by atoms with Gasteiger partial charge in [0.15, 0.2) is 20.8 Å². The molecular weight excluding hydrogens is 374 g/mol. The van der Waals surface area contributed by atoms with Crippen molar-refractivity contribution in [3.63, 3.8) is 0 Å². The summed E-state index contributed by atoms with van der Waals surface area (Å²) in [5.41, 5.74) is 0.936. The Balaban J connectivity index is 1.92. The highest BCUT2D eigenvalue weighted by Gasteiger charge is 2.35. The number of nitrogens with one attached hydrogen (secondary N) is 1. The third-order valence-electron chi connectivity index (χ3n) is 3.68. The zero-order valence-electron chi connectivity index (χ0n) is 12.5. The van der Waals surface area contributed by atoms with E-state index in [-0.39, 0.29) is 21.3 Å². The Kier molecular flexibility index (Phi) is 4.56. The molecule has 0 fully saturated rings. The molecule has 128 valence electrons. The standard InChI is InChI=1S/C15H14ClNO5S2/c1-22-13-8-24(20,21)15-7-10(3-4-11(13)15)17-23(19)14-6-9(16)2-5-12(14)18/h2-7,13,17-18H,8H2,1H3. The second-order valence-electron chi connectivity index (χ2n) is 5.24. The van der Waals surface area contributed by atoms with Crippen molar-refractivity contribution in [2.75, 3.05) is 17.6 Å². The molecule has 1 aliphatic heterocycles. The van der Waals surface area contributed by atoms with Crippen LogP contribution in [0.5, 0.6) is 5.75 Å². The minimum absolute atomic E-state index is 0.111. The highest BCUT2D eigenvalue weighted by molar-refractivity contribution is 7.91. The lowest BCUT2D eigenvalue weighted by Gasteiger charge is -2.10. The first-order valence-electron chi connectivity index (χ1n) is 6.88. The highest BCUT2D eigenvalue weighted by atomic mass is 35.5. The van der Waals surface area contributed by atoms with Crippen LogP contribution < -0.4 is 4.72 Å². The quantitative estimate of drug-likeness (QED) is 0.841. The van der Waals surface area contributed by atoms with E-state index in [0.29, 0.717) is 16.3 Å². The van der Waals surface area contributed by atoms with Crippen LogP contribution >= 0.6 is 11.6 Å². The summed E-state index contributed by atoms with van der Waals surface area (Å²) in [7, 11) is -3.78. The number of sulfone groups is 1. The number of rotatable bonds is 4. The summed E-state index contributed by atoms with van der Waals surface area (Å²) in [4.78, 5) is 0.271. The maximum atomic E-state index is 12.4. The Morgan fingerprint density at radius 3 is 2.75 bits per heavy atom. The van der Waals surface area contributed by atoms with Crippen LogP contribution in [-0.2, 0) is 25.6 Å². The average molecular weight is 388 g/mol. The van der Waals surface area contributed by atoms with Gasteiger partial charge >= 0.3 is 0 Å². The molecule has 9 heteroatoms. The summed E-state index contributed by atoms with van der Waals surface area (Å²) in [5, 5.41) is 10.1. The van der Waals surface area contributed by atoms with E-state index < -0.39 is 26.9 Å². The van der Waals surface area contributed by atoms with Crippen molar-refractivity contribution in [1.82, 2.24) is 0 Å². The maximum Gasteiger partial charge on any atom is 0.181 e. The number of benzene rings is 2. The molecule has 0 aromatic heterocycles. The molecule has 2 N–H and O–H groups in total. The number of phenolic OH excluding ortho intramolecular Hbond substituents is 1. The molecule has 6 nitrogen and oxygen atoms in total. The Morgan fingerprint density at radius 1 is 1.29 bits per heavy atom. The van der Waals surface area contributed by atoms with E-state index in [2.05, 4.69) is 4.72 Å². The molecule has 0 saturated carbocycles. The number of aromatic hydroxyl groups is 1. The predicted molar refractivity (Wildman–Crippen MR) is 91.4 cm³/mol. The van der Waals surface area contributed by atoms with Gasteiger partial charge < -0.3 is 14.6 Å². The topological polar surface area (TPSA) is 92.7 Å². The van der Waals surface area contributed by atoms with Crippen LogP contribution in [0.25, 0.3) is 0 Å². The number of ether oxygens (including phenoxy) is 1. The number of fused-ring (bicyclic) bond motifs is 1. The molecule has 0 bridgehead atoms. The lowest BCUT2D eigenvalue weighted by atomic mass is 10.1. The molecule has 0 saturated heterocycles. The Labute approximate surface area is 146 Å². The van der Waals surface area contributed by atoms with Gasteiger partial charge in [-0.3, -0.25) is 0 Å². The van der Waals surface area contributed by atoms with Crippen LogP contribution in [0.2, 0.25) is 5.02 Å². The number of halogens is 1. The van der Waals surface area contributed by atoms with Crippen LogP contribution in [0.15, 0.2) is 46.2 Å². The molecule has 1 heterocycles. The number of hydrogen-bond donors (Lipinski definition) is 2. The second kappa shape index (κ2) is 6.36. The molecule has 1 aliphatic rings. The summed E-state index contributed by atoms with van der Waals surface area (Å²) < 4.78 is 44.6. The van der Waals surface area contributed by atoms with Gasteiger partial charge in [0, 0.05) is 23.4 Å². The Morgan fingerprint density at radius 2 is 2.04 bits per heavy atom. The molecule has 0 amide bonds. The average Bonchev–Trinajstić information content (AvgIpc) is 2.80. The first kappa shape index (κ1) is 17.2. The number of hydrogen-bond acceptors (Lipinski definition) is 5. The monoisotopic (exact) mass is 387 g/mol. The van der Waals surface area contributed by atoms with Crippen molar-refractivity contribution in [2.24, 2.45) is 0 Å². The first-order valence-corrected chi connectivity index (χ1v) is 10.1. The van der Waals surface area contributed by atoms with E-state index in [1.54, 1.807) is 12.1 Å². The molecule has 0 radical (unpaired) electrons. The molecule has 2 atom stereocenters. The van der Waals surface area contributed by atoms with E-state index in [0.717, 1.165) is 0 Å². The molecule has 2 aromatic carbocycles. The minimum atomic E-state index is -3.44. The zero-order valence-corrected chi connectivity index (χ0v) is 14.9. The van der Waals surface area contributed by atoms with Gasteiger partial charge in [-0.05, 0) is 30.3 Å². The summed E-state index contributed by atoms with van der Waals surface area (Å²) in [6.07, 6.45) is -0.499. The summed E-state index contributed by atoms with van der Waals surface area (Å²) in [6.45, 7) is 0. The van der Waals surface area contributed by atoms with Crippen LogP contribution in [0.3, 0.4) is 0 Å². The SMILES string of the molecule is COC1CS(=O)(=O)c2cc(NS(=O)c3cc(Cl)ccc3O)ccc21. The van der Waals surface area contributed by atoms with Gasteiger partial charge in [0.2, 0.25) is 0 Å². The van der Waals surface area contributed by atoms with Gasteiger partial charge in [0.1, 0.15) is 10.6 Å². The van der Waals surface area contributed by atoms with E-state index in [1.165, 1.54) is 31.4 Å². The largest absolute Gasteiger partial charge is 0.507 e. The van der Waals surface area contributed by atoms with Gasteiger partial charge in [0.05, 0.1) is 16.8 Å². The minimum Gasteiger partial charge on any atom is -0.507 e. The Hall–Kier alpha value is -1.61. The number of methoxy groups -OCH3 is 1. The number of phenols is 1. The van der Waals surface area contributed by atoms with E-state index in [9.17, 15) is 17.7 Å². The molecule has 24 heavy (non-hydrogen) atoms. The van der Waals surface area contributed by atoms with Gasteiger partial charge in [-0.25, -0.2) is 12.6 Å². The number of anilines is 1. The lowest BCUT2D eigenvalue weighted by Crippen LogP contribution is -2.06. The van der Waals surface area contributed by atoms with Gasteiger partial charge in [0.25, 0.3) is 0 Å². The van der Waals surface area contributed by atoms with Crippen molar-refractivity contribution in [1.29, 1.82) is 0 Å².